The zero-order valence-electron chi connectivity index (χ0n) is 15.7. The zero-order valence-corrected chi connectivity index (χ0v) is 15.7. The second-order valence-electron chi connectivity index (χ2n) is 6.27. The fourth-order valence-electron chi connectivity index (χ4n) is 2.78. The van der Waals surface area contributed by atoms with Crippen LogP contribution in [0, 0.1) is 0 Å². The predicted octanol–water partition coefficient (Wildman–Crippen LogP) is 4.31. The van der Waals surface area contributed by atoms with Crippen molar-refractivity contribution in [3.63, 3.8) is 0 Å². The number of hydrogen-bond acceptors (Lipinski definition) is 4. The molecule has 0 aliphatic rings. The molecule has 0 aliphatic heterocycles. The first kappa shape index (κ1) is 22.1. The fourth-order valence-corrected chi connectivity index (χ4v) is 2.78. The van der Waals surface area contributed by atoms with E-state index in [4.69, 9.17) is 14.6 Å². The van der Waals surface area contributed by atoms with E-state index in [-0.39, 0.29) is 6.42 Å². The van der Waals surface area contributed by atoms with Crippen LogP contribution in [0.1, 0.15) is 29.9 Å². The summed E-state index contributed by atoms with van der Waals surface area (Å²) in [6.45, 7) is 0. The monoisotopic (exact) mass is 411 g/mol. The number of halogens is 3. The maximum atomic E-state index is 12.7. The standard InChI is InChI=1S/C20H20F3NO5/c1-28-16-9-15(10-17(11-16)29-2)24-18(25)7-13(8-19(26)27)12-3-5-14(6-4-12)20(21,22)23/h3-6,9-11,13H,7-8H2,1-2H3,(H,24,25)(H,26,27)/t13-/m1/s1. The molecule has 0 saturated heterocycles. The molecule has 0 spiro atoms. The Kier molecular flexibility index (Phi) is 7.08. The molecule has 1 amide bonds. The van der Waals surface area contributed by atoms with Gasteiger partial charge in [-0.15, -0.1) is 0 Å². The number of carbonyl (C=O) groups is 2. The minimum atomic E-state index is -4.50. The Hall–Kier alpha value is -3.23. The summed E-state index contributed by atoms with van der Waals surface area (Å²) in [7, 11) is 2.90. The van der Waals surface area contributed by atoms with Crippen molar-refractivity contribution < 1.29 is 37.3 Å². The third-order valence-corrected chi connectivity index (χ3v) is 4.20. The van der Waals surface area contributed by atoms with E-state index < -0.39 is 36.0 Å². The average molecular weight is 411 g/mol. The van der Waals surface area contributed by atoms with E-state index in [1.165, 1.54) is 26.4 Å². The van der Waals surface area contributed by atoms with Gasteiger partial charge in [0.15, 0.2) is 0 Å². The molecule has 2 aromatic carbocycles. The van der Waals surface area contributed by atoms with E-state index >= 15 is 0 Å². The van der Waals surface area contributed by atoms with Crippen molar-refractivity contribution in [3.8, 4) is 11.5 Å². The van der Waals surface area contributed by atoms with Crippen molar-refractivity contribution in [2.45, 2.75) is 24.9 Å². The highest BCUT2D eigenvalue weighted by atomic mass is 19.4. The molecule has 0 aromatic heterocycles. The van der Waals surface area contributed by atoms with E-state index in [1.54, 1.807) is 18.2 Å². The van der Waals surface area contributed by atoms with Gasteiger partial charge in [-0.2, -0.15) is 13.2 Å². The molecule has 156 valence electrons. The van der Waals surface area contributed by atoms with Crippen LogP contribution in [0.15, 0.2) is 42.5 Å². The first-order valence-corrected chi connectivity index (χ1v) is 8.54. The van der Waals surface area contributed by atoms with Crippen LogP contribution in [0.3, 0.4) is 0 Å². The molecule has 2 aromatic rings. The van der Waals surface area contributed by atoms with Crippen molar-refractivity contribution in [1.82, 2.24) is 0 Å². The molecule has 0 bridgehead atoms. The van der Waals surface area contributed by atoms with E-state index in [2.05, 4.69) is 5.32 Å². The molecule has 0 saturated carbocycles. The summed E-state index contributed by atoms with van der Waals surface area (Å²) < 4.78 is 48.4. The molecule has 2 N–H and O–H groups in total. The van der Waals surface area contributed by atoms with Gasteiger partial charge in [-0.1, -0.05) is 12.1 Å². The number of nitrogens with one attached hydrogen (secondary N) is 1. The summed E-state index contributed by atoms with van der Waals surface area (Å²) in [6, 6.07) is 8.86. The van der Waals surface area contributed by atoms with Gasteiger partial charge in [-0.3, -0.25) is 9.59 Å². The Morgan fingerprint density at radius 2 is 1.55 bits per heavy atom. The first-order chi connectivity index (χ1) is 13.6. The summed E-state index contributed by atoms with van der Waals surface area (Å²) in [5.74, 6) is -1.55. The number of carbonyl (C=O) groups excluding carboxylic acids is 1. The second kappa shape index (κ2) is 9.31. The zero-order chi connectivity index (χ0) is 21.6. The Morgan fingerprint density at radius 3 is 2.00 bits per heavy atom. The Balaban J connectivity index is 2.17. The number of amides is 1. The number of aliphatic carboxylic acids is 1. The molecule has 0 radical (unpaired) electrons. The van der Waals surface area contributed by atoms with Gasteiger partial charge in [0.2, 0.25) is 5.91 Å². The van der Waals surface area contributed by atoms with Gasteiger partial charge in [-0.05, 0) is 17.7 Å². The molecular weight excluding hydrogens is 391 g/mol. The van der Waals surface area contributed by atoms with Crippen molar-refractivity contribution in [3.05, 3.63) is 53.6 Å². The van der Waals surface area contributed by atoms with E-state index in [0.29, 0.717) is 22.7 Å². The number of hydrogen-bond donors (Lipinski definition) is 2. The predicted molar refractivity (Wildman–Crippen MR) is 99.2 cm³/mol. The molecule has 6 nitrogen and oxygen atoms in total. The number of ether oxygens (including phenoxy) is 2. The molecule has 0 aliphatic carbocycles. The lowest BCUT2D eigenvalue weighted by Gasteiger charge is -2.17. The van der Waals surface area contributed by atoms with Crippen molar-refractivity contribution >= 4 is 17.6 Å². The van der Waals surface area contributed by atoms with Gasteiger partial charge in [0.25, 0.3) is 0 Å². The molecule has 1 atom stereocenters. The minimum absolute atomic E-state index is 0.225. The van der Waals surface area contributed by atoms with Gasteiger partial charge < -0.3 is 19.9 Å². The van der Waals surface area contributed by atoms with Crippen LogP contribution in [0.25, 0.3) is 0 Å². The lowest BCUT2D eigenvalue weighted by Crippen LogP contribution is -2.18. The van der Waals surface area contributed by atoms with Gasteiger partial charge >= 0.3 is 12.1 Å². The highest BCUT2D eigenvalue weighted by Crippen LogP contribution is 2.32. The van der Waals surface area contributed by atoms with Gasteiger partial charge in [0, 0.05) is 36.2 Å². The minimum Gasteiger partial charge on any atom is -0.497 e. The van der Waals surface area contributed by atoms with Gasteiger partial charge in [0.1, 0.15) is 11.5 Å². The number of alkyl halides is 3. The van der Waals surface area contributed by atoms with E-state index in [9.17, 15) is 22.8 Å². The largest absolute Gasteiger partial charge is 0.497 e. The third kappa shape index (κ3) is 6.41. The maximum absolute atomic E-state index is 12.7. The third-order valence-electron chi connectivity index (χ3n) is 4.20. The number of carboxylic acids is 1. The van der Waals surface area contributed by atoms with Gasteiger partial charge in [-0.25, -0.2) is 0 Å². The van der Waals surface area contributed by atoms with Crippen LogP contribution in [-0.2, 0) is 15.8 Å². The molecule has 0 unspecified atom stereocenters. The van der Waals surface area contributed by atoms with Crippen LogP contribution < -0.4 is 14.8 Å². The summed E-state index contributed by atoms with van der Waals surface area (Å²) in [5, 5.41) is 11.8. The van der Waals surface area contributed by atoms with Crippen LogP contribution in [0.4, 0.5) is 18.9 Å². The van der Waals surface area contributed by atoms with E-state index in [1.807, 2.05) is 0 Å². The lowest BCUT2D eigenvalue weighted by atomic mass is 9.91. The topological polar surface area (TPSA) is 84.9 Å². The number of benzene rings is 2. The molecule has 0 fully saturated rings. The number of rotatable bonds is 8. The van der Waals surface area contributed by atoms with Crippen molar-refractivity contribution in [2.24, 2.45) is 0 Å². The van der Waals surface area contributed by atoms with E-state index in [0.717, 1.165) is 12.1 Å². The van der Waals surface area contributed by atoms with Crippen LogP contribution in [-0.4, -0.2) is 31.2 Å². The Bertz CT molecular complexity index is 843. The summed E-state index contributed by atoms with van der Waals surface area (Å²) in [4.78, 5) is 23.6. The molecule has 29 heavy (non-hydrogen) atoms. The van der Waals surface area contributed by atoms with Gasteiger partial charge in [0.05, 0.1) is 26.2 Å². The number of carboxylic acid groups (broad SMARTS) is 1. The quantitative estimate of drug-likeness (QED) is 0.676. The number of methoxy groups -OCH3 is 2. The molecular formula is C20H20F3NO5. The number of anilines is 1. The average Bonchev–Trinajstić information content (AvgIpc) is 2.66. The highest BCUT2D eigenvalue weighted by molar-refractivity contribution is 5.92. The van der Waals surface area contributed by atoms with Crippen molar-refractivity contribution in [1.29, 1.82) is 0 Å². The van der Waals surface area contributed by atoms with Crippen LogP contribution in [0.5, 0.6) is 11.5 Å². The van der Waals surface area contributed by atoms with Crippen LogP contribution in [0.2, 0.25) is 0 Å². The SMILES string of the molecule is COc1cc(NC(=O)C[C@H](CC(=O)O)c2ccc(C(F)(F)F)cc2)cc(OC)c1. The Morgan fingerprint density at radius 1 is 1.00 bits per heavy atom. The Labute approximate surface area is 165 Å². The highest BCUT2D eigenvalue weighted by Gasteiger charge is 2.30. The lowest BCUT2D eigenvalue weighted by molar-refractivity contribution is -0.138. The first-order valence-electron chi connectivity index (χ1n) is 8.54. The smallest absolute Gasteiger partial charge is 0.416 e. The van der Waals surface area contributed by atoms with Crippen LogP contribution >= 0.6 is 0 Å². The summed E-state index contributed by atoms with van der Waals surface area (Å²) in [6.07, 6.45) is -5.12. The summed E-state index contributed by atoms with van der Waals surface area (Å²) in [5.41, 5.74) is -0.130. The maximum Gasteiger partial charge on any atom is 0.416 e. The molecule has 0 heterocycles. The molecule has 9 heteroatoms. The van der Waals surface area contributed by atoms with Crippen molar-refractivity contribution in [2.75, 3.05) is 19.5 Å². The second-order valence-corrected chi connectivity index (χ2v) is 6.27. The summed E-state index contributed by atoms with van der Waals surface area (Å²) >= 11 is 0. The fraction of sp³-hybridized carbons (Fsp3) is 0.300. The normalized spacial score (nSPS) is 12.2. The molecule has 2 rings (SSSR count).